The second-order valence-corrected chi connectivity index (χ2v) is 7.95. The molecule has 0 radical (unpaired) electrons. The van der Waals surface area contributed by atoms with E-state index in [0.29, 0.717) is 12.1 Å². The van der Waals surface area contributed by atoms with Crippen LogP contribution in [0, 0.1) is 5.92 Å². The molecule has 2 heterocycles. The molecule has 6 nitrogen and oxygen atoms in total. The number of hydrogen-bond acceptors (Lipinski definition) is 6. The summed E-state index contributed by atoms with van der Waals surface area (Å²) in [5, 5.41) is 11.9. The summed E-state index contributed by atoms with van der Waals surface area (Å²) in [6.45, 7) is 6.23. The van der Waals surface area contributed by atoms with Crippen molar-refractivity contribution in [2.24, 2.45) is 5.92 Å². The van der Waals surface area contributed by atoms with Crippen molar-refractivity contribution in [2.75, 3.05) is 26.3 Å². The van der Waals surface area contributed by atoms with Crippen molar-refractivity contribution < 1.29 is 19.4 Å². The topological polar surface area (TPSA) is 79.7 Å². The Bertz CT molecular complexity index is 797. The third kappa shape index (κ3) is 5.70. The Morgan fingerprint density at radius 1 is 1.25 bits per heavy atom. The maximum atomic E-state index is 12.2. The van der Waals surface area contributed by atoms with Crippen molar-refractivity contribution >= 4 is 23.1 Å². The van der Waals surface area contributed by atoms with E-state index in [-0.39, 0.29) is 18.6 Å². The van der Waals surface area contributed by atoms with Crippen molar-refractivity contribution in [1.29, 1.82) is 0 Å². The molecule has 1 unspecified atom stereocenters. The van der Waals surface area contributed by atoms with E-state index in [9.17, 15) is 9.59 Å². The van der Waals surface area contributed by atoms with Crippen molar-refractivity contribution in [2.45, 2.75) is 32.7 Å². The van der Waals surface area contributed by atoms with Gasteiger partial charge >= 0.3 is 5.97 Å². The second-order valence-electron chi connectivity index (χ2n) is 7.09. The first-order valence-corrected chi connectivity index (χ1v) is 10.5. The molecule has 150 valence electrons. The summed E-state index contributed by atoms with van der Waals surface area (Å²) in [5.74, 6) is -1.59. The summed E-state index contributed by atoms with van der Waals surface area (Å²) in [5.41, 5.74) is 3.01. The van der Waals surface area contributed by atoms with Crippen molar-refractivity contribution in [3.63, 3.8) is 0 Å². The number of rotatable bonds is 9. The van der Waals surface area contributed by atoms with E-state index in [0.717, 1.165) is 43.4 Å². The van der Waals surface area contributed by atoms with Crippen LogP contribution in [0.5, 0.6) is 0 Å². The highest BCUT2D eigenvalue weighted by Gasteiger charge is 2.20. The van der Waals surface area contributed by atoms with Gasteiger partial charge in [-0.15, -0.1) is 11.3 Å². The van der Waals surface area contributed by atoms with Gasteiger partial charge in [-0.3, -0.25) is 14.5 Å². The standard InChI is InChI=1S/C21H26N2O4S/c1-2-16(21(25)26)11-19(24)12-18-14-28-20(22-18)17-5-3-15(4-6-17)13-23-7-9-27-10-8-23/h3-6,14,16H,2,7-13H2,1H3,(H,25,26). The smallest absolute Gasteiger partial charge is 0.306 e. The van der Waals surface area contributed by atoms with Gasteiger partial charge in [-0.05, 0) is 12.0 Å². The monoisotopic (exact) mass is 402 g/mol. The molecule has 0 aliphatic carbocycles. The van der Waals surface area contributed by atoms with E-state index in [1.807, 2.05) is 5.38 Å². The summed E-state index contributed by atoms with van der Waals surface area (Å²) in [6.07, 6.45) is 0.713. The lowest BCUT2D eigenvalue weighted by atomic mass is 9.98. The molecule has 1 aromatic carbocycles. The fraction of sp³-hybridized carbons (Fsp3) is 0.476. The maximum absolute atomic E-state index is 12.2. The van der Waals surface area contributed by atoms with Crippen LogP contribution in [0.15, 0.2) is 29.6 Å². The Kier molecular flexibility index (Phi) is 7.30. The number of carbonyl (C=O) groups excluding carboxylic acids is 1. The summed E-state index contributed by atoms with van der Waals surface area (Å²) in [7, 11) is 0. The van der Waals surface area contributed by atoms with Gasteiger partial charge < -0.3 is 9.84 Å². The Hall–Kier alpha value is -2.09. The number of hydrogen-bond donors (Lipinski definition) is 1. The van der Waals surface area contributed by atoms with Crippen LogP contribution in [-0.4, -0.2) is 53.0 Å². The number of nitrogens with zero attached hydrogens (tertiary/aromatic N) is 2. The number of carboxylic acids is 1. The summed E-state index contributed by atoms with van der Waals surface area (Å²) < 4.78 is 5.38. The Morgan fingerprint density at radius 3 is 2.61 bits per heavy atom. The van der Waals surface area contributed by atoms with E-state index in [2.05, 4.69) is 34.1 Å². The molecule has 0 spiro atoms. The van der Waals surface area contributed by atoms with Crippen LogP contribution in [0.3, 0.4) is 0 Å². The molecule has 1 aliphatic heterocycles. The molecule has 1 saturated heterocycles. The second kappa shape index (κ2) is 9.91. The Morgan fingerprint density at radius 2 is 1.96 bits per heavy atom. The van der Waals surface area contributed by atoms with Gasteiger partial charge in [0.1, 0.15) is 10.8 Å². The van der Waals surface area contributed by atoms with E-state index in [1.54, 1.807) is 6.92 Å². The lowest BCUT2D eigenvalue weighted by Crippen LogP contribution is -2.35. The number of carboxylic acid groups (broad SMARTS) is 1. The van der Waals surface area contributed by atoms with Crippen LogP contribution < -0.4 is 0 Å². The minimum absolute atomic E-state index is 0.0644. The SMILES string of the molecule is CCC(CC(=O)Cc1csc(-c2ccc(CN3CCOCC3)cc2)n1)C(=O)O. The van der Waals surface area contributed by atoms with E-state index >= 15 is 0 Å². The molecule has 1 aromatic heterocycles. The Balaban J connectivity index is 1.57. The third-order valence-corrected chi connectivity index (χ3v) is 5.90. The number of benzene rings is 1. The number of morpholine rings is 1. The van der Waals surface area contributed by atoms with Gasteiger partial charge in [-0.25, -0.2) is 4.98 Å². The number of thiazole rings is 1. The largest absolute Gasteiger partial charge is 0.481 e. The van der Waals surface area contributed by atoms with Gasteiger partial charge in [0.25, 0.3) is 0 Å². The number of Topliss-reactive ketones (excluding diaryl/α,β-unsaturated/α-hetero) is 1. The highest BCUT2D eigenvalue weighted by atomic mass is 32.1. The van der Waals surface area contributed by atoms with Crippen LogP contribution in [-0.2, 0) is 27.3 Å². The molecule has 1 N–H and O–H groups in total. The number of carbonyl (C=O) groups is 2. The molecule has 1 aliphatic rings. The zero-order chi connectivity index (χ0) is 19.9. The van der Waals surface area contributed by atoms with Crippen LogP contribution in [0.25, 0.3) is 10.6 Å². The van der Waals surface area contributed by atoms with Gasteiger partial charge in [0.05, 0.1) is 24.8 Å². The fourth-order valence-corrected chi connectivity index (χ4v) is 4.07. The lowest BCUT2D eigenvalue weighted by Gasteiger charge is -2.26. The molecule has 3 rings (SSSR count). The number of aliphatic carboxylic acids is 1. The molecule has 0 bridgehead atoms. The summed E-state index contributed by atoms with van der Waals surface area (Å²) in [4.78, 5) is 30.2. The van der Waals surface area contributed by atoms with Crippen LogP contribution >= 0.6 is 11.3 Å². The van der Waals surface area contributed by atoms with E-state index < -0.39 is 11.9 Å². The minimum Gasteiger partial charge on any atom is -0.481 e. The van der Waals surface area contributed by atoms with Crippen molar-refractivity contribution in [1.82, 2.24) is 9.88 Å². The molecular weight excluding hydrogens is 376 g/mol. The quantitative estimate of drug-likeness (QED) is 0.694. The highest BCUT2D eigenvalue weighted by Crippen LogP contribution is 2.25. The van der Waals surface area contributed by atoms with Crippen molar-refractivity contribution in [3.05, 3.63) is 40.9 Å². The molecule has 0 saturated carbocycles. The van der Waals surface area contributed by atoms with Crippen LogP contribution in [0.2, 0.25) is 0 Å². The first kappa shape index (κ1) is 20.6. The molecule has 2 aromatic rings. The zero-order valence-electron chi connectivity index (χ0n) is 16.1. The molecule has 1 atom stereocenters. The molecule has 7 heteroatoms. The van der Waals surface area contributed by atoms with Crippen LogP contribution in [0.1, 0.15) is 31.0 Å². The van der Waals surface area contributed by atoms with Crippen molar-refractivity contribution in [3.8, 4) is 10.6 Å². The molecule has 1 fully saturated rings. The molecule has 0 amide bonds. The van der Waals surface area contributed by atoms with E-state index in [4.69, 9.17) is 9.84 Å². The molecule has 28 heavy (non-hydrogen) atoms. The molecular formula is C21H26N2O4S. The summed E-state index contributed by atoms with van der Waals surface area (Å²) >= 11 is 1.51. The third-order valence-electron chi connectivity index (χ3n) is 4.96. The normalized spacial score (nSPS) is 16.0. The predicted molar refractivity (Wildman–Crippen MR) is 108 cm³/mol. The van der Waals surface area contributed by atoms with Gasteiger partial charge in [0.2, 0.25) is 0 Å². The van der Waals surface area contributed by atoms with Gasteiger partial charge in [0.15, 0.2) is 0 Å². The lowest BCUT2D eigenvalue weighted by molar-refractivity contribution is -0.143. The van der Waals surface area contributed by atoms with Gasteiger partial charge in [-0.1, -0.05) is 31.2 Å². The zero-order valence-corrected chi connectivity index (χ0v) is 16.9. The van der Waals surface area contributed by atoms with E-state index in [1.165, 1.54) is 16.9 Å². The summed E-state index contributed by atoms with van der Waals surface area (Å²) in [6, 6.07) is 8.38. The highest BCUT2D eigenvalue weighted by molar-refractivity contribution is 7.13. The average Bonchev–Trinajstić information content (AvgIpc) is 3.15. The number of ketones is 1. The number of ether oxygens (including phenoxy) is 1. The minimum atomic E-state index is -0.910. The maximum Gasteiger partial charge on any atom is 0.306 e. The van der Waals surface area contributed by atoms with Crippen LogP contribution in [0.4, 0.5) is 0 Å². The first-order chi connectivity index (χ1) is 13.5. The Labute approximate surface area is 169 Å². The van der Waals surface area contributed by atoms with Gasteiger partial charge in [-0.2, -0.15) is 0 Å². The first-order valence-electron chi connectivity index (χ1n) is 9.63. The fourth-order valence-electron chi connectivity index (χ4n) is 3.25. The predicted octanol–water partition coefficient (Wildman–Crippen LogP) is 3.25. The number of aromatic nitrogens is 1. The van der Waals surface area contributed by atoms with Gasteiger partial charge in [0, 0.05) is 43.4 Å². The average molecular weight is 403 g/mol.